The number of nitrogens with two attached hydrogens (primary N) is 1. The Bertz CT molecular complexity index is 928. The van der Waals surface area contributed by atoms with E-state index in [1.807, 2.05) is 36.4 Å². The number of fused-ring (bicyclic) bond motifs is 1. The minimum absolute atomic E-state index is 0.136. The third-order valence-electron chi connectivity index (χ3n) is 4.96. The van der Waals surface area contributed by atoms with Gasteiger partial charge in [-0.15, -0.1) is 10.2 Å². The fraction of sp³-hybridized carbons (Fsp3) is 0.286. The van der Waals surface area contributed by atoms with Gasteiger partial charge in [0.05, 0.1) is 0 Å². The molecular weight excluding hydrogens is 338 g/mol. The summed E-state index contributed by atoms with van der Waals surface area (Å²) in [6, 6.07) is 15.1. The maximum absolute atomic E-state index is 12.4. The first kappa shape index (κ1) is 17.4. The van der Waals surface area contributed by atoms with Crippen molar-refractivity contribution in [2.45, 2.75) is 38.8 Å². The van der Waals surface area contributed by atoms with Crippen molar-refractivity contribution in [3.8, 4) is 11.4 Å². The molecule has 0 saturated carbocycles. The Hall–Kier alpha value is -2.99. The molecule has 0 unspecified atom stereocenters. The molecule has 27 heavy (non-hydrogen) atoms. The van der Waals surface area contributed by atoms with E-state index in [9.17, 15) is 4.79 Å². The molecule has 0 fully saturated rings. The van der Waals surface area contributed by atoms with Crippen molar-refractivity contribution in [1.82, 2.24) is 14.8 Å². The van der Waals surface area contributed by atoms with Crippen LogP contribution in [-0.4, -0.2) is 20.7 Å². The summed E-state index contributed by atoms with van der Waals surface area (Å²) in [5, 5.41) is 11.7. The lowest BCUT2D eigenvalue weighted by molar-refractivity contribution is 0.102. The zero-order valence-corrected chi connectivity index (χ0v) is 15.2. The second-order valence-corrected chi connectivity index (χ2v) is 6.83. The number of amides is 1. The van der Waals surface area contributed by atoms with Crippen LogP contribution in [-0.2, 0) is 19.5 Å². The van der Waals surface area contributed by atoms with Gasteiger partial charge in [0.2, 0.25) is 0 Å². The van der Waals surface area contributed by atoms with E-state index in [0.717, 1.165) is 47.8 Å². The minimum Gasteiger partial charge on any atom is -0.326 e. The molecular formula is C21H23N5O. The number of aryl methyl sites for hydroxylation is 1. The summed E-state index contributed by atoms with van der Waals surface area (Å²) in [5.41, 5.74) is 8.97. The van der Waals surface area contributed by atoms with Gasteiger partial charge >= 0.3 is 0 Å². The maximum atomic E-state index is 12.4. The average molecular weight is 361 g/mol. The SMILES string of the molecule is NCc1ccc(C(=O)Nc2ccc(-c3nnc4n3CCCCC4)cc2)cc1. The van der Waals surface area contributed by atoms with E-state index in [0.29, 0.717) is 12.1 Å². The Morgan fingerprint density at radius 3 is 2.52 bits per heavy atom. The van der Waals surface area contributed by atoms with Gasteiger partial charge in [-0.1, -0.05) is 18.6 Å². The Morgan fingerprint density at radius 2 is 1.78 bits per heavy atom. The van der Waals surface area contributed by atoms with Crippen LogP contribution in [0.1, 0.15) is 41.0 Å². The molecule has 0 bridgehead atoms. The number of nitrogens with zero attached hydrogens (tertiary/aromatic N) is 3. The molecule has 1 aliphatic rings. The smallest absolute Gasteiger partial charge is 0.255 e. The summed E-state index contributed by atoms with van der Waals surface area (Å²) in [5.74, 6) is 1.84. The summed E-state index contributed by atoms with van der Waals surface area (Å²) < 4.78 is 2.22. The molecule has 1 aromatic heterocycles. The summed E-state index contributed by atoms with van der Waals surface area (Å²) in [6.45, 7) is 1.44. The predicted molar refractivity (Wildman–Crippen MR) is 105 cm³/mol. The zero-order valence-electron chi connectivity index (χ0n) is 15.2. The molecule has 0 radical (unpaired) electrons. The lowest BCUT2D eigenvalue weighted by atomic mass is 10.1. The van der Waals surface area contributed by atoms with Crippen molar-refractivity contribution in [3.05, 3.63) is 65.5 Å². The van der Waals surface area contributed by atoms with Crippen molar-refractivity contribution in [2.75, 3.05) is 5.32 Å². The second kappa shape index (κ2) is 7.72. The van der Waals surface area contributed by atoms with E-state index in [1.165, 1.54) is 12.8 Å². The predicted octanol–water partition coefficient (Wildman–Crippen LogP) is 3.38. The molecule has 0 spiro atoms. The quantitative estimate of drug-likeness (QED) is 0.746. The summed E-state index contributed by atoms with van der Waals surface area (Å²) in [4.78, 5) is 12.4. The van der Waals surface area contributed by atoms with Crippen LogP contribution in [0.3, 0.4) is 0 Å². The number of nitrogens with one attached hydrogen (secondary N) is 1. The van der Waals surface area contributed by atoms with Gasteiger partial charge in [0, 0.05) is 36.3 Å². The van der Waals surface area contributed by atoms with Crippen LogP contribution in [0.4, 0.5) is 5.69 Å². The molecule has 3 aromatic rings. The summed E-state index contributed by atoms with van der Waals surface area (Å²) >= 11 is 0. The van der Waals surface area contributed by atoms with Gasteiger partial charge in [-0.05, 0) is 54.8 Å². The molecule has 3 N–H and O–H groups in total. The van der Waals surface area contributed by atoms with Crippen LogP contribution in [0.15, 0.2) is 48.5 Å². The maximum Gasteiger partial charge on any atom is 0.255 e. The van der Waals surface area contributed by atoms with Crippen molar-refractivity contribution in [2.24, 2.45) is 5.73 Å². The van der Waals surface area contributed by atoms with Gasteiger partial charge in [0.15, 0.2) is 5.82 Å². The highest BCUT2D eigenvalue weighted by Gasteiger charge is 2.16. The molecule has 0 aliphatic carbocycles. The van der Waals surface area contributed by atoms with Crippen molar-refractivity contribution in [3.63, 3.8) is 0 Å². The highest BCUT2D eigenvalue weighted by Crippen LogP contribution is 2.24. The number of carbonyl (C=O) groups excluding carboxylic acids is 1. The number of benzene rings is 2. The number of aromatic nitrogens is 3. The largest absolute Gasteiger partial charge is 0.326 e. The average Bonchev–Trinajstić information content (AvgIpc) is 2.96. The lowest BCUT2D eigenvalue weighted by Crippen LogP contribution is -2.12. The Kier molecular flexibility index (Phi) is 4.98. The molecule has 4 rings (SSSR count). The molecule has 138 valence electrons. The summed E-state index contributed by atoms with van der Waals surface area (Å²) in [7, 11) is 0. The molecule has 6 nitrogen and oxygen atoms in total. The molecule has 1 amide bonds. The topological polar surface area (TPSA) is 85.8 Å². The fourth-order valence-corrected chi connectivity index (χ4v) is 3.40. The first-order chi connectivity index (χ1) is 13.2. The first-order valence-corrected chi connectivity index (χ1v) is 9.37. The zero-order chi connectivity index (χ0) is 18.6. The minimum atomic E-state index is -0.136. The lowest BCUT2D eigenvalue weighted by Gasteiger charge is -2.09. The van der Waals surface area contributed by atoms with Gasteiger partial charge < -0.3 is 15.6 Å². The molecule has 0 saturated heterocycles. The normalized spacial score (nSPS) is 13.7. The third-order valence-corrected chi connectivity index (χ3v) is 4.96. The highest BCUT2D eigenvalue weighted by atomic mass is 16.1. The molecule has 1 aliphatic heterocycles. The van der Waals surface area contributed by atoms with E-state index < -0.39 is 0 Å². The Balaban J connectivity index is 1.49. The van der Waals surface area contributed by atoms with Crippen LogP contribution in [0.25, 0.3) is 11.4 Å². The van der Waals surface area contributed by atoms with Crippen LogP contribution in [0.5, 0.6) is 0 Å². The highest BCUT2D eigenvalue weighted by molar-refractivity contribution is 6.04. The van der Waals surface area contributed by atoms with Gasteiger partial charge in [-0.3, -0.25) is 4.79 Å². The summed E-state index contributed by atoms with van der Waals surface area (Å²) in [6.07, 6.45) is 4.56. The standard InChI is InChI=1S/C21H23N5O/c22-14-15-5-7-17(8-6-15)21(27)23-18-11-9-16(10-12-18)20-25-24-19-4-2-1-3-13-26(19)20/h5-12H,1-4,13-14,22H2,(H,23,27). The van der Waals surface area contributed by atoms with Crippen LogP contribution in [0, 0.1) is 0 Å². The van der Waals surface area contributed by atoms with E-state index >= 15 is 0 Å². The molecule has 0 atom stereocenters. The van der Waals surface area contributed by atoms with E-state index in [4.69, 9.17) is 5.73 Å². The van der Waals surface area contributed by atoms with Crippen LogP contribution >= 0.6 is 0 Å². The first-order valence-electron chi connectivity index (χ1n) is 9.37. The number of hydrogen-bond donors (Lipinski definition) is 2. The van der Waals surface area contributed by atoms with Crippen LogP contribution in [0.2, 0.25) is 0 Å². The number of rotatable bonds is 4. The van der Waals surface area contributed by atoms with Crippen molar-refractivity contribution in [1.29, 1.82) is 0 Å². The number of anilines is 1. The van der Waals surface area contributed by atoms with Gasteiger partial charge in [0.25, 0.3) is 5.91 Å². The van der Waals surface area contributed by atoms with E-state index in [-0.39, 0.29) is 5.91 Å². The van der Waals surface area contributed by atoms with Crippen molar-refractivity contribution >= 4 is 11.6 Å². The van der Waals surface area contributed by atoms with Gasteiger partial charge in [0.1, 0.15) is 5.82 Å². The van der Waals surface area contributed by atoms with Crippen molar-refractivity contribution < 1.29 is 4.79 Å². The van der Waals surface area contributed by atoms with E-state index in [2.05, 4.69) is 20.1 Å². The molecule has 6 heteroatoms. The van der Waals surface area contributed by atoms with Gasteiger partial charge in [-0.25, -0.2) is 0 Å². The molecule has 2 heterocycles. The van der Waals surface area contributed by atoms with Gasteiger partial charge in [-0.2, -0.15) is 0 Å². The Labute approximate surface area is 158 Å². The molecule has 2 aromatic carbocycles. The third kappa shape index (κ3) is 3.75. The van der Waals surface area contributed by atoms with E-state index in [1.54, 1.807) is 12.1 Å². The van der Waals surface area contributed by atoms with Crippen LogP contribution < -0.4 is 11.1 Å². The fourth-order valence-electron chi connectivity index (χ4n) is 3.40. The number of carbonyl (C=O) groups is 1. The second-order valence-electron chi connectivity index (χ2n) is 6.83. The number of hydrogen-bond acceptors (Lipinski definition) is 4. The monoisotopic (exact) mass is 361 g/mol. The Morgan fingerprint density at radius 1 is 1.00 bits per heavy atom.